The van der Waals surface area contributed by atoms with E-state index < -0.39 is 0 Å². The SMILES string of the molecule is C[Si](C)CCOCn1nccc1-c1ccc(Oc2ccc(N)nc2)cc1. The molecule has 0 saturated heterocycles. The Hall–Kier alpha value is -2.64. The van der Waals surface area contributed by atoms with E-state index in [9.17, 15) is 0 Å². The topological polar surface area (TPSA) is 75.2 Å². The van der Waals surface area contributed by atoms with E-state index in [0.29, 0.717) is 18.3 Å². The molecule has 0 aliphatic carbocycles. The van der Waals surface area contributed by atoms with Crippen LogP contribution in [0.1, 0.15) is 0 Å². The van der Waals surface area contributed by atoms with Crippen molar-refractivity contribution in [2.75, 3.05) is 12.3 Å². The molecule has 0 atom stereocenters. The lowest BCUT2D eigenvalue weighted by atomic mass is 10.1. The zero-order chi connectivity index (χ0) is 18.4. The van der Waals surface area contributed by atoms with Gasteiger partial charge in [0.2, 0.25) is 0 Å². The number of hydrogen-bond acceptors (Lipinski definition) is 5. The van der Waals surface area contributed by atoms with E-state index in [1.54, 1.807) is 24.5 Å². The minimum absolute atomic E-state index is 0.250. The fraction of sp³-hybridized carbons (Fsp3) is 0.263. The van der Waals surface area contributed by atoms with Crippen LogP contribution in [0.3, 0.4) is 0 Å². The van der Waals surface area contributed by atoms with Crippen LogP contribution in [-0.4, -0.2) is 30.2 Å². The zero-order valence-electron chi connectivity index (χ0n) is 15.1. The third-order valence-electron chi connectivity index (χ3n) is 3.82. The molecule has 6 nitrogen and oxygen atoms in total. The fourth-order valence-electron chi connectivity index (χ4n) is 2.39. The molecule has 3 rings (SSSR count). The van der Waals surface area contributed by atoms with E-state index in [4.69, 9.17) is 15.2 Å². The average Bonchev–Trinajstić information content (AvgIpc) is 3.10. The third-order valence-corrected chi connectivity index (χ3v) is 5.03. The van der Waals surface area contributed by atoms with E-state index in [1.165, 1.54) is 0 Å². The van der Waals surface area contributed by atoms with Crippen LogP contribution in [-0.2, 0) is 11.5 Å². The van der Waals surface area contributed by atoms with Crippen LogP contribution >= 0.6 is 0 Å². The Morgan fingerprint density at radius 3 is 2.50 bits per heavy atom. The van der Waals surface area contributed by atoms with Crippen LogP contribution in [0.4, 0.5) is 5.82 Å². The second kappa shape index (κ2) is 8.64. The highest BCUT2D eigenvalue weighted by Crippen LogP contribution is 2.25. The van der Waals surface area contributed by atoms with Gasteiger partial charge >= 0.3 is 0 Å². The van der Waals surface area contributed by atoms with Crippen molar-refractivity contribution in [2.24, 2.45) is 0 Å². The lowest BCUT2D eigenvalue weighted by Gasteiger charge is -2.10. The van der Waals surface area contributed by atoms with Crippen molar-refractivity contribution in [1.82, 2.24) is 14.8 Å². The van der Waals surface area contributed by atoms with Gasteiger partial charge in [0.15, 0.2) is 0 Å². The molecule has 1 radical (unpaired) electrons. The molecule has 0 saturated carbocycles. The van der Waals surface area contributed by atoms with Crippen molar-refractivity contribution < 1.29 is 9.47 Å². The van der Waals surface area contributed by atoms with Gasteiger partial charge in [-0.3, -0.25) is 0 Å². The number of benzene rings is 1. The summed E-state index contributed by atoms with van der Waals surface area (Å²) in [5.74, 6) is 1.86. The van der Waals surface area contributed by atoms with Crippen LogP contribution in [0.15, 0.2) is 54.9 Å². The minimum atomic E-state index is -0.250. The van der Waals surface area contributed by atoms with Gasteiger partial charge in [-0.25, -0.2) is 9.67 Å². The molecule has 1 aromatic carbocycles. The summed E-state index contributed by atoms with van der Waals surface area (Å²) < 4.78 is 13.4. The number of rotatable bonds is 8. The standard InChI is InChI=1S/C19H23N4O2Si/c1-26(2)12-11-24-14-23-18(9-10-22-23)15-3-5-16(6-4-15)25-17-7-8-19(20)21-13-17/h3-10,13H,11-12,14H2,1-2H3,(H2,20,21). The lowest BCUT2D eigenvalue weighted by molar-refractivity contribution is 0.0801. The molecule has 0 bridgehead atoms. The summed E-state index contributed by atoms with van der Waals surface area (Å²) in [6, 6.07) is 14.5. The second-order valence-corrected chi connectivity index (χ2v) is 9.17. The number of hydrogen-bond donors (Lipinski definition) is 1. The van der Waals surface area contributed by atoms with Crippen molar-refractivity contribution in [3.05, 3.63) is 54.9 Å². The van der Waals surface area contributed by atoms with Gasteiger partial charge in [-0.2, -0.15) is 5.10 Å². The van der Waals surface area contributed by atoms with Gasteiger partial charge in [-0.1, -0.05) is 13.1 Å². The molecule has 2 aromatic heterocycles. The molecular weight excluding hydrogens is 344 g/mol. The molecule has 3 aromatic rings. The molecule has 0 fully saturated rings. The predicted molar refractivity (Wildman–Crippen MR) is 105 cm³/mol. The molecule has 0 amide bonds. The monoisotopic (exact) mass is 367 g/mol. The maximum Gasteiger partial charge on any atom is 0.145 e. The Kier molecular flexibility index (Phi) is 6.03. The summed E-state index contributed by atoms with van der Waals surface area (Å²) in [5.41, 5.74) is 7.66. The molecule has 0 aliphatic rings. The summed E-state index contributed by atoms with van der Waals surface area (Å²) in [6.45, 7) is 5.82. The zero-order valence-corrected chi connectivity index (χ0v) is 16.1. The Morgan fingerprint density at radius 2 is 1.81 bits per heavy atom. The predicted octanol–water partition coefficient (Wildman–Crippen LogP) is 4.05. The third kappa shape index (κ3) is 4.93. The molecule has 2 heterocycles. The van der Waals surface area contributed by atoms with Gasteiger partial charge in [0.25, 0.3) is 0 Å². The maximum absolute atomic E-state index is 5.78. The van der Waals surface area contributed by atoms with Crippen LogP contribution < -0.4 is 10.5 Å². The first-order valence-electron chi connectivity index (χ1n) is 8.50. The summed E-state index contributed by atoms with van der Waals surface area (Å²) in [5, 5.41) is 4.36. The molecule has 7 heteroatoms. The van der Waals surface area contributed by atoms with Gasteiger partial charge in [0.05, 0.1) is 11.9 Å². The molecule has 26 heavy (non-hydrogen) atoms. The number of nitrogens with zero attached hydrogens (tertiary/aromatic N) is 3. The Balaban J connectivity index is 1.63. The summed E-state index contributed by atoms with van der Waals surface area (Å²) in [4.78, 5) is 4.02. The Labute approximate surface area is 155 Å². The van der Waals surface area contributed by atoms with E-state index in [2.05, 4.69) is 23.2 Å². The van der Waals surface area contributed by atoms with Crippen molar-refractivity contribution in [1.29, 1.82) is 0 Å². The number of ether oxygens (including phenoxy) is 2. The van der Waals surface area contributed by atoms with Crippen LogP contribution in [0.5, 0.6) is 11.5 Å². The lowest BCUT2D eigenvalue weighted by Crippen LogP contribution is -2.10. The maximum atomic E-state index is 5.78. The first-order valence-corrected chi connectivity index (χ1v) is 11.2. The molecule has 2 N–H and O–H groups in total. The van der Waals surface area contributed by atoms with Gasteiger partial charge in [-0.05, 0) is 48.5 Å². The van der Waals surface area contributed by atoms with Crippen molar-refractivity contribution in [2.45, 2.75) is 25.9 Å². The largest absolute Gasteiger partial charge is 0.456 e. The normalized spacial score (nSPS) is 11.0. The van der Waals surface area contributed by atoms with E-state index in [0.717, 1.165) is 29.7 Å². The first kappa shape index (κ1) is 18.2. The summed E-state index contributed by atoms with van der Waals surface area (Å²) in [7, 11) is -0.250. The first-order chi connectivity index (χ1) is 12.6. The highest BCUT2D eigenvalue weighted by molar-refractivity contribution is 6.55. The van der Waals surface area contributed by atoms with E-state index in [-0.39, 0.29) is 8.80 Å². The van der Waals surface area contributed by atoms with Crippen molar-refractivity contribution in [3.8, 4) is 22.8 Å². The molecule has 0 unspecified atom stereocenters. The molecule has 0 spiro atoms. The van der Waals surface area contributed by atoms with Crippen molar-refractivity contribution in [3.63, 3.8) is 0 Å². The summed E-state index contributed by atoms with van der Waals surface area (Å²) >= 11 is 0. The fourth-order valence-corrected chi connectivity index (χ4v) is 2.94. The number of nitrogens with two attached hydrogens (primary N) is 1. The quantitative estimate of drug-likeness (QED) is 0.480. The van der Waals surface area contributed by atoms with E-state index in [1.807, 2.05) is 35.0 Å². The Bertz CT molecular complexity index is 816. The molecule has 0 aliphatic heterocycles. The number of pyridine rings is 1. The number of aromatic nitrogens is 3. The van der Waals surface area contributed by atoms with Gasteiger partial charge in [0.1, 0.15) is 24.0 Å². The molecular formula is C19H23N4O2Si. The van der Waals surface area contributed by atoms with Crippen molar-refractivity contribution >= 4 is 14.6 Å². The number of nitrogen functional groups attached to an aromatic ring is 1. The van der Waals surface area contributed by atoms with E-state index >= 15 is 0 Å². The van der Waals surface area contributed by atoms with Gasteiger partial charge in [-0.15, -0.1) is 0 Å². The number of anilines is 1. The Morgan fingerprint density at radius 1 is 1.04 bits per heavy atom. The van der Waals surface area contributed by atoms with Gasteiger partial charge < -0.3 is 15.2 Å². The minimum Gasteiger partial charge on any atom is -0.456 e. The highest BCUT2D eigenvalue weighted by atomic mass is 28.3. The second-order valence-electron chi connectivity index (χ2n) is 6.26. The highest BCUT2D eigenvalue weighted by Gasteiger charge is 2.07. The van der Waals surface area contributed by atoms with Gasteiger partial charge in [0, 0.05) is 27.2 Å². The van der Waals surface area contributed by atoms with Crippen LogP contribution in [0.25, 0.3) is 11.3 Å². The molecule has 135 valence electrons. The van der Waals surface area contributed by atoms with Crippen LogP contribution in [0.2, 0.25) is 19.1 Å². The van der Waals surface area contributed by atoms with Crippen LogP contribution in [0, 0.1) is 0 Å². The average molecular weight is 368 g/mol. The summed E-state index contributed by atoms with van der Waals surface area (Å²) in [6.07, 6.45) is 3.40. The smallest absolute Gasteiger partial charge is 0.145 e.